The molecule has 1 unspecified atom stereocenters. The van der Waals surface area contributed by atoms with Crippen molar-refractivity contribution in [3.63, 3.8) is 0 Å². The van der Waals surface area contributed by atoms with Crippen LogP contribution in [0.15, 0.2) is 28.7 Å². The third-order valence-corrected chi connectivity index (χ3v) is 2.85. The first-order valence-corrected chi connectivity index (χ1v) is 6.11. The van der Waals surface area contributed by atoms with Crippen LogP contribution >= 0.6 is 15.9 Å². The van der Waals surface area contributed by atoms with Crippen LogP contribution < -0.4 is 0 Å². The molecule has 0 bridgehead atoms. The normalized spacial score (nSPS) is 13.2. The summed E-state index contributed by atoms with van der Waals surface area (Å²) in [6, 6.07) is 6.35. The molecule has 2 nitrogen and oxygen atoms in total. The number of rotatable bonds is 4. The van der Waals surface area contributed by atoms with E-state index in [1.807, 2.05) is 0 Å². The number of esters is 1. The summed E-state index contributed by atoms with van der Waals surface area (Å²) < 4.78 is 43.5. The summed E-state index contributed by atoms with van der Waals surface area (Å²) in [5.41, 5.74) is 0.438. The maximum Gasteiger partial charge on any atom is 0.402 e. The lowest BCUT2D eigenvalue weighted by Gasteiger charge is -2.18. The van der Waals surface area contributed by atoms with E-state index in [-0.39, 0.29) is 6.61 Å². The van der Waals surface area contributed by atoms with Crippen LogP contribution in [0.4, 0.5) is 13.2 Å². The Labute approximate surface area is 111 Å². The zero-order valence-corrected chi connectivity index (χ0v) is 11.2. The van der Waals surface area contributed by atoms with Gasteiger partial charge in [-0.1, -0.05) is 28.1 Å². The molecule has 0 heterocycles. The number of halogens is 4. The standard InChI is InChI=1S/C12H12BrF3O2/c1-2-18-11(17)10(12(14,15)16)7-8-3-5-9(13)6-4-8/h3-6,10H,2,7H2,1H3. The molecular weight excluding hydrogens is 313 g/mol. The fraction of sp³-hybridized carbons (Fsp3) is 0.417. The zero-order valence-electron chi connectivity index (χ0n) is 9.63. The Morgan fingerprint density at radius 3 is 2.33 bits per heavy atom. The van der Waals surface area contributed by atoms with Crippen molar-refractivity contribution in [2.75, 3.05) is 6.61 Å². The molecule has 18 heavy (non-hydrogen) atoms. The zero-order chi connectivity index (χ0) is 13.8. The van der Waals surface area contributed by atoms with Gasteiger partial charge in [-0.15, -0.1) is 0 Å². The Hall–Kier alpha value is -1.04. The quantitative estimate of drug-likeness (QED) is 0.789. The maximum absolute atomic E-state index is 12.7. The second-order valence-corrected chi connectivity index (χ2v) is 4.59. The highest BCUT2D eigenvalue weighted by Crippen LogP contribution is 2.30. The summed E-state index contributed by atoms with van der Waals surface area (Å²) in [7, 11) is 0. The van der Waals surface area contributed by atoms with Gasteiger partial charge in [0.15, 0.2) is 5.92 Å². The number of carbonyl (C=O) groups is 1. The van der Waals surface area contributed by atoms with Crippen LogP contribution in [0.3, 0.4) is 0 Å². The summed E-state index contributed by atoms with van der Waals surface area (Å²) in [6.07, 6.45) is -5.01. The van der Waals surface area contributed by atoms with Crippen LogP contribution in [0.25, 0.3) is 0 Å². The first kappa shape index (κ1) is 15.0. The Morgan fingerprint density at radius 1 is 1.33 bits per heavy atom. The number of alkyl halides is 3. The van der Waals surface area contributed by atoms with Crippen molar-refractivity contribution in [1.29, 1.82) is 0 Å². The Bertz CT molecular complexity index is 401. The van der Waals surface area contributed by atoms with Gasteiger partial charge in [-0.25, -0.2) is 0 Å². The van der Waals surface area contributed by atoms with E-state index in [2.05, 4.69) is 20.7 Å². The lowest BCUT2D eigenvalue weighted by molar-refractivity contribution is -0.197. The van der Waals surface area contributed by atoms with Crippen LogP contribution in [0.5, 0.6) is 0 Å². The van der Waals surface area contributed by atoms with E-state index in [0.717, 1.165) is 4.47 Å². The molecule has 0 radical (unpaired) electrons. The highest BCUT2D eigenvalue weighted by molar-refractivity contribution is 9.10. The average molecular weight is 325 g/mol. The molecular formula is C12H12BrF3O2. The molecule has 0 N–H and O–H groups in total. The molecule has 0 aliphatic heterocycles. The lowest BCUT2D eigenvalue weighted by atomic mass is 9.99. The minimum absolute atomic E-state index is 0.0637. The van der Waals surface area contributed by atoms with Crippen molar-refractivity contribution in [2.24, 2.45) is 5.92 Å². The van der Waals surface area contributed by atoms with E-state index in [1.54, 1.807) is 24.3 Å². The Kier molecular flexibility index (Phi) is 5.19. The molecule has 1 rings (SSSR count). The summed E-state index contributed by atoms with van der Waals surface area (Å²) in [4.78, 5) is 11.3. The second kappa shape index (κ2) is 6.22. The molecule has 0 aliphatic carbocycles. The van der Waals surface area contributed by atoms with Crippen LogP contribution in [-0.4, -0.2) is 18.8 Å². The van der Waals surface area contributed by atoms with Gasteiger partial charge in [0.1, 0.15) is 0 Å². The SMILES string of the molecule is CCOC(=O)C(Cc1ccc(Br)cc1)C(F)(F)F. The van der Waals surface area contributed by atoms with E-state index in [1.165, 1.54) is 6.92 Å². The topological polar surface area (TPSA) is 26.3 Å². The van der Waals surface area contributed by atoms with Crippen molar-refractivity contribution in [2.45, 2.75) is 19.5 Å². The van der Waals surface area contributed by atoms with Crippen LogP contribution in [0, 0.1) is 5.92 Å². The molecule has 1 aromatic rings. The van der Waals surface area contributed by atoms with Crippen LogP contribution in [0.1, 0.15) is 12.5 Å². The van der Waals surface area contributed by atoms with Gasteiger partial charge in [-0.05, 0) is 31.0 Å². The van der Waals surface area contributed by atoms with Crippen LogP contribution in [-0.2, 0) is 16.0 Å². The van der Waals surface area contributed by atoms with Crippen molar-refractivity contribution in [3.05, 3.63) is 34.3 Å². The number of ether oxygens (including phenoxy) is 1. The lowest BCUT2D eigenvalue weighted by Crippen LogP contribution is -2.34. The molecule has 0 spiro atoms. The molecule has 0 saturated heterocycles. The highest BCUT2D eigenvalue weighted by Gasteiger charge is 2.45. The molecule has 1 atom stereocenters. The molecule has 0 aromatic heterocycles. The maximum atomic E-state index is 12.7. The van der Waals surface area contributed by atoms with Gasteiger partial charge in [0.25, 0.3) is 0 Å². The van der Waals surface area contributed by atoms with Gasteiger partial charge in [0, 0.05) is 4.47 Å². The number of hydrogen-bond acceptors (Lipinski definition) is 2. The Morgan fingerprint density at radius 2 is 1.89 bits per heavy atom. The molecule has 0 saturated carbocycles. The van der Waals surface area contributed by atoms with E-state index in [9.17, 15) is 18.0 Å². The minimum atomic E-state index is -4.60. The molecule has 0 fully saturated rings. The summed E-state index contributed by atoms with van der Waals surface area (Å²) in [5.74, 6) is -3.34. The van der Waals surface area contributed by atoms with Gasteiger partial charge in [-0.2, -0.15) is 13.2 Å². The first-order chi connectivity index (χ1) is 8.34. The summed E-state index contributed by atoms with van der Waals surface area (Å²) >= 11 is 3.19. The smallest absolute Gasteiger partial charge is 0.402 e. The minimum Gasteiger partial charge on any atom is -0.466 e. The van der Waals surface area contributed by atoms with E-state index < -0.39 is 24.5 Å². The van der Waals surface area contributed by atoms with Crippen molar-refractivity contribution < 1.29 is 22.7 Å². The number of hydrogen-bond donors (Lipinski definition) is 0. The third kappa shape index (κ3) is 4.33. The fourth-order valence-corrected chi connectivity index (χ4v) is 1.70. The molecule has 0 aliphatic rings. The van der Waals surface area contributed by atoms with Crippen LogP contribution in [0.2, 0.25) is 0 Å². The predicted octanol–water partition coefficient (Wildman–Crippen LogP) is 3.73. The number of benzene rings is 1. The van der Waals surface area contributed by atoms with Gasteiger partial charge in [0.05, 0.1) is 6.61 Å². The highest BCUT2D eigenvalue weighted by atomic mass is 79.9. The monoisotopic (exact) mass is 324 g/mol. The largest absolute Gasteiger partial charge is 0.466 e. The third-order valence-electron chi connectivity index (χ3n) is 2.32. The molecule has 100 valence electrons. The van der Waals surface area contributed by atoms with Crippen molar-refractivity contribution >= 4 is 21.9 Å². The summed E-state index contributed by atoms with van der Waals surface area (Å²) in [6.45, 7) is 1.41. The van der Waals surface area contributed by atoms with Gasteiger partial charge in [-0.3, -0.25) is 4.79 Å². The Balaban J connectivity index is 2.85. The van der Waals surface area contributed by atoms with E-state index in [4.69, 9.17) is 0 Å². The van der Waals surface area contributed by atoms with Crippen molar-refractivity contribution in [1.82, 2.24) is 0 Å². The van der Waals surface area contributed by atoms with Crippen molar-refractivity contribution in [3.8, 4) is 0 Å². The second-order valence-electron chi connectivity index (χ2n) is 3.68. The van der Waals surface area contributed by atoms with Gasteiger partial charge < -0.3 is 4.74 Å². The fourth-order valence-electron chi connectivity index (χ4n) is 1.43. The molecule has 6 heteroatoms. The first-order valence-electron chi connectivity index (χ1n) is 5.32. The predicted molar refractivity (Wildman–Crippen MR) is 64.0 cm³/mol. The molecule has 1 aromatic carbocycles. The average Bonchev–Trinajstić information content (AvgIpc) is 2.26. The van der Waals surface area contributed by atoms with Gasteiger partial charge >= 0.3 is 12.1 Å². The van der Waals surface area contributed by atoms with E-state index >= 15 is 0 Å². The van der Waals surface area contributed by atoms with Gasteiger partial charge in [0.2, 0.25) is 0 Å². The number of carbonyl (C=O) groups excluding carboxylic acids is 1. The molecule has 0 amide bonds. The summed E-state index contributed by atoms with van der Waals surface area (Å²) in [5, 5.41) is 0. The van der Waals surface area contributed by atoms with E-state index in [0.29, 0.717) is 5.56 Å².